The van der Waals surface area contributed by atoms with E-state index in [1.54, 1.807) is 11.3 Å². The van der Waals surface area contributed by atoms with Crippen molar-refractivity contribution in [2.45, 2.75) is 32.5 Å². The predicted octanol–water partition coefficient (Wildman–Crippen LogP) is 2.62. The molecule has 1 amide bonds. The van der Waals surface area contributed by atoms with Crippen molar-refractivity contribution < 1.29 is 4.79 Å². The predicted molar refractivity (Wildman–Crippen MR) is 98.1 cm³/mol. The minimum absolute atomic E-state index is 0.277. The van der Waals surface area contributed by atoms with Crippen molar-refractivity contribution in [1.29, 1.82) is 0 Å². The van der Waals surface area contributed by atoms with Crippen LogP contribution in [0.3, 0.4) is 0 Å². The van der Waals surface area contributed by atoms with Gasteiger partial charge in [0.2, 0.25) is 5.91 Å². The summed E-state index contributed by atoms with van der Waals surface area (Å²) in [6.07, 6.45) is 3.61. The smallest absolute Gasteiger partial charge is 0.222 e. The van der Waals surface area contributed by atoms with Gasteiger partial charge in [-0.15, -0.1) is 11.3 Å². The van der Waals surface area contributed by atoms with Crippen LogP contribution < -0.4 is 10.2 Å². The van der Waals surface area contributed by atoms with Crippen molar-refractivity contribution in [3.63, 3.8) is 0 Å². The number of anilines is 1. The van der Waals surface area contributed by atoms with Crippen LogP contribution >= 0.6 is 11.3 Å². The first-order valence-corrected chi connectivity index (χ1v) is 9.12. The van der Waals surface area contributed by atoms with Crippen LogP contribution in [0.4, 0.5) is 5.13 Å². The van der Waals surface area contributed by atoms with Crippen LogP contribution in [0.2, 0.25) is 0 Å². The van der Waals surface area contributed by atoms with Gasteiger partial charge in [0.15, 0.2) is 5.13 Å². The van der Waals surface area contributed by atoms with Gasteiger partial charge in [0.1, 0.15) is 0 Å². The first-order valence-electron chi connectivity index (χ1n) is 8.31. The van der Waals surface area contributed by atoms with Crippen molar-refractivity contribution in [3.8, 4) is 0 Å². The van der Waals surface area contributed by atoms with Gasteiger partial charge >= 0.3 is 0 Å². The first-order chi connectivity index (χ1) is 11.6. The van der Waals surface area contributed by atoms with Crippen LogP contribution in [0, 0.1) is 0 Å². The maximum absolute atomic E-state index is 11.8. The highest BCUT2D eigenvalue weighted by molar-refractivity contribution is 7.15. The molecule has 0 aliphatic carbocycles. The number of carbonyl (C=O) groups is 1. The number of amides is 1. The van der Waals surface area contributed by atoms with Gasteiger partial charge in [0.25, 0.3) is 0 Å². The van der Waals surface area contributed by atoms with Gasteiger partial charge in [-0.2, -0.15) is 0 Å². The van der Waals surface area contributed by atoms with Crippen molar-refractivity contribution in [1.82, 2.24) is 15.2 Å². The summed E-state index contributed by atoms with van der Waals surface area (Å²) in [6.45, 7) is 3.21. The fourth-order valence-corrected chi connectivity index (χ4v) is 3.67. The zero-order valence-corrected chi connectivity index (χ0v) is 15.1. The molecule has 6 heteroatoms. The van der Waals surface area contributed by atoms with E-state index in [1.165, 1.54) is 16.0 Å². The molecule has 128 valence electrons. The minimum atomic E-state index is 0.277. The second-order valence-electron chi connectivity index (χ2n) is 6.29. The Morgan fingerprint density at radius 3 is 2.71 bits per heavy atom. The molecule has 24 heavy (non-hydrogen) atoms. The van der Waals surface area contributed by atoms with E-state index in [0.717, 1.165) is 37.7 Å². The van der Waals surface area contributed by atoms with Crippen molar-refractivity contribution in [3.05, 3.63) is 46.5 Å². The van der Waals surface area contributed by atoms with Crippen LogP contribution in [-0.4, -0.2) is 36.4 Å². The normalized spacial score (nSPS) is 14.4. The summed E-state index contributed by atoms with van der Waals surface area (Å²) in [5.74, 6) is 0.277. The standard InChI is InChI=1S/C18H24N4OS/c1-21(2)18-20-12-16(24-18)11-19-10-14-6-3-4-7-15(14)13-22-9-5-8-17(22)23/h3-4,6-7,12,19H,5,8-11,13H2,1-2H3. The number of hydrogen-bond donors (Lipinski definition) is 1. The molecule has 0 spiro atoms. The van der Waals surface area contributed by atoms with E-state index in [1.807, 2.05) is 36.2 Å². The van der Waals surface area contributed by atoms with Crippen LogP contribution in [0.1, 0.15) is 28.8 Å². The number of carbonyl (C=O) groups excluding carboxylic acids is 1. The molecule has 1 aromatic heterocycles. The van der Waals surface area contributed by atoms with Crippen LogP contribution in [0.15, 0.2) is 30.5 Å². The van der Waals surface area contributed by atoms with Crippen molar-refractivity contribution in [2.75, 3.05) is 25.5 Å². The Bertz CT molecular complexity index is 698. The van der Waals surface area contributed by atoms with Crippen molar-refractivity contribution in [2.24, 2.45) is 0 Å². The molecule has 0 atom stereocenters. The van der Waals surface area contributed by atoms with Crippen LogP contribution in [-0.2, 0) is 24.4 Å². The fourth-order valence-electron chi connectivity index (χ4n) is 2.87. The Morgan fingerprint density at radius 1 is 1.25 bits per heavy atom. The Morgan fingerprint density at radius 2 is 2.04 bits per heavy atom. The molecule has 3 rings (SSSR count). The Kier molecular flexibility index (Phi) is 5.48. The molecule has 1 aliphatic rings. The van der Waals surface area contributed by atoms with E-state index >= 15 is 0 Å². The van der Waals surface area contributed by atoms with Gasteiger partial charge in [-0.05, 0) is 17.5 Å². The SMILES string of the molecule is CN(C)c1ncc(CNCc2ccccc2CN2CCCC2=O)s1. The average molecular weight is 344 g/mol. The third kappa shape index (κ3) is 4.13. The molecule has 0 bridgehead atoms. The third-order valence-electron chi connectivity index (χ3n) is 4.19. The largest absolute Gasteiger partial charge is 0.354 e. The first kappa shape index (κ1) is 16.9. The molecule has 2 heterocycles. The zero-order chi connectivity index (χ0) is 16.9. The molecule has 1 N–H and O–H groups in total. The highest BCUT2D eigenvalue weighted by Crippen LogP contribution is 2.21. The lowest BCUT2D eigenvalue weighted by Crippen LogP contribution is -2.25. The van der Waals surface area contributed by atoms with Gasteiger partial charge in [0, 0.05) is 57.8 Å². The molecular formula is C18H24N4OS. The highest BCUT2D eigenvalue weighted by atomic mass is 32.1. The lowest BCUT2D eigenvalue weighted by Gasteiger charge is -2.18. The molecule has 0 radical (unpaired) electrons. The molecule has 1 aromatic carbocycles. The van der Waals surface area contributed by atoms with E-state index in [9.17, 15) is 4.79 Å². The lowest BCUT2D eigenvalue weighted by atomic mass is 10.1. The Labute approximate surface area is 147 Å². The van der Waals surface area contributed by atoms with E-state index < -0.39 is 0 Å². The van der Waals surface area contributed by atoms with E-state index in [-0.39, 0.29) is 5.91 Å². The topological polar surface area (TPSA) is 48.5 Å². The molecular weight excluding hydrogens is 320 g/mol. The molecule has 0 unspecified atom stereocenters. The van der Waals surface area contributed by atoms with Gasteiger partial charge in [-0.1, -0.05) is 24.3 Å². The lowest BCUT2D eigenvalue weighted by molar-refractivity contribution is -0.128. The maximum atomic E-state index is 11.8. The summed E-state index contributed by atoms with van der Waals surface area (Å²) >= 11 is 1.71. The Hall–Kier alpha value is -1.92. The number of likely N-dealkylation sites (tertiary alicyclic amines) is 1. The molecule has 2 aromatic rings. The molecule has 1 saturated heterocycles. The number of nitrogens with zero attached hydrogens (tertiary/aromatic N) is 3. The van der Waals surface area contributed by atoms with E-state index in [0.29, 0.717) is 6.42 Å². The average Bonchev–Trinajstić information content (AvgIpc) is 3.19. The third-order valence-corrected chi connectivity index (χ3v) is 5.35. The quantitative estimate of drug-likeness (QED) is 0.839. The molecule has 1 fully saturated rings. The molecule has 5 nitrogen and oxygen atoms in total. The van der Waals surface area contributed by atoms with Gasteiger partial charge in [-0.3, -0.25) is 4.79 Å². The summed E-state index contributed by atoms with van der Waals surface area (Å²) in [4.78, 5) is 21.5. The number of aromatic nitrogens is 1. The highest BCUT2D eigenvalue weighted by Gasteiger charge is 2.20. The van der Waals surface area contributed by atoms with Gasteiger partial charge < -0.3 is 15.1 Å². The van der Waals surface area contributed by atoms with Crippen molar-refractivity contribution >= 4 is 22.4 Å². The summed E-state index contributed by atoms with van der Waals surface area (Å²) in [5, 5.41) is 4.52. The molecule has 0 saturated carbocycles. The monoisotopic (exact) mass is 344 g/mol. The maximum Gasteiger partial charge on any atom is 0.222 e. The summed E-state index contributed by atoms with van der Waals surface area (Å²) in [5.41, 5.74) is 2.49. The Balaban J connectivity index is 1.57. The van der Waals surface area contributed by atoms with Crippen LogP contribution in [0.25, 0.3) is 0 Å². The number of benzene rings is 1. The van der Waals surface area contributed by atoms with Gasteiger partial charge in [-0.25, -0.2) is 4.98 Å². The number of thiazole rings is 1. The number of hydrogen-bond acceptors (Lipinski definition) is 5. The fraction of sp³-hybridized carbons (Fsp3) is 0.444. The summed E-state index contributed by atoms with van der Waals surface area (Å²) in [7, 11) is 4.01. The van der Waals surface area contributed by atoms with E-state index in [4.69, 9.17) is 0 Å². The summed E-state index contributed by atoms with van der Waals surface area (Å²) < 4.78 is 0. The summed E-state index contributed by atoms with van der Waals surface area (Å²) in [6, 6.07) is 8.37. The van der Waals surface area contributed by atoms with Crippen LogP contribution in [0.5, 0.6) is 0 Å². The minimum Gasteiger partial charge on any atom is -0.354 e. The number of rotatable bonds is 7. The second kappa shape index (κ2) is 7.77. The van der Waals surface area contributed by atoms with E-state index in [2.05, 4.69) is 28.5 Å². The van der Waals surface area contributed by atoms with Gasteiger partial charge in [0.05, 0.1) is 0 Å². The number of nitrogens with one attached hydrogen (secondary N) is 1. The second-order valence-corrected chi connectivity index (χ2v) is 7.39. The zero-order valence-electron chi connectivity index (χ0n) is 14.3. The molecule has 1 aliphatic heterocycles.